The third-order valence-electron chi connectivity index (χ3n) is 3.56. The van der Waals surface area contributed by atoms with Crippen LogP contribution in [-0.4, -0.2) is 82.5 Å². The average Bonchev–Trinajstić information content (AvgIpc) is 2.58. The van der Waals surface area contributed by atoms with Gasteiger partial charge in [-0.15, -0.1) is 11.4 Å². The molecule has 0 amide bonds. The standard InChI is InChI=1S/C15H25NO6S2.H2O3S/c1-2-8-16(9-11-17)10-13-23(18,19)15-5-3-14(4-6-15)7-12-24(20,21)22;1-4(2)3/h3-6,17H,2,7-13H2,1H3,(H,20,21,22);(H2,1,2,3)/p-3. The van der Waals surface area contributed by atoms with Gasteiger partial charge in [0.25, 0.3) is 0 Å². The van der Waals surface area contributed by atoms with Crippen molar-refractivity contribution in [1.29, 1.82) is 0 Å². The molecule has 1 N–H and O–H groups in total. The molecule has 0 aliphatic heterocycles. The van der Waals surface area contributed by atoms with E-state index in [2.05, 4.69) is 0 Å². The SMILES string of the molecule is CCCN(CCO)CCS(=O)(=O)c1ccc(CCS(=O)(=O)[O-])cc1.O=S([O-])[O-]. The lowest BCUT2D eigenvalue weighted by atomic mass is 10.2. The van der Waals surface area contributed by atoms with E-state index in [1.165, 1.54) is 24.3 Å². The maximum Gasteiger partial charge on any atom is 0.179 e. The van der Waals surface area contributed by atoms with Gasteiger partial charge in [0.15, 0.2) is 9.84 Å². The minimum absolute atomic E-state index is 0.0165. The lowest BCUT2D eigenvalue weighted by molar-refractivity contribution is 0.203. The Morgan fingerprint density at radius 2 is 1.54 bits per heavy atom. The summed E-state index contributed by atoms with van der Waals surface area (Å²) >= 11 is -3.11. The van der Waals surface area contributed by atoms with E-state index in [-0.39, 0.29) is 23.7 Å². The molecule has 0 aliphatic carbocycles. The van der Waals surface area contributed by atoms with Crippen molar-refractivity contribution >= 4 is 31.3 Å². The first-order valence-corrected chi connectivity index (χ1v) is 12.5. The molecule has 0 fully saturated rings. The van der Waals surface area contributed by atoms with Crippen molar-refractivity contribution in [3.63, 3.8) is 0 Å². The number of aliphatic hydroxyl groups is 1. The number of hydrogen-bond donors (Lipinski definition) is 1. The fourth-order valence-electron chi connectivity index (χ4n) is 2.27. The zero-order valence-corrected chi connectivity index (χ0v) is 17.8. The molecule has 0 bridgehead atoms. The van der Waals surface area contributed by atoms with Gasteiger partial charge in [-0.3, -0.25) is 4.21 Å². The third-order valence-corrected chi connectivity index (χ3v) is 5.97. The molecule has 1 aromatic rings. The molecule has 0 radical (unpaired) electrons. The van der Waals surface area contributed by atoms with Gasteiger partial charge in [-0.05, 0) is 37.1 Å². The van der Waals surface area contributed by atoms with Gasteiger partial charge < -0.3 is 23.7 Å². The Bertz CT molecular complexity index is 783. The highest BCUT2D eigenvalue weighted by Crippen LogP contribution is 2.14. The molecule has 1 aromatic carbocycles. The average molecular weight is 459 g/mol. The van der Waals surface area contributed by atoms with Crippen LogP contribution in [0.4, 0.5) is 0 Å². The zero-order valence-electron chi connectivity index (χ0n) is 15.4. The summed E-state index contributed by atoms with van der Waals surface area (Å²) in [7, 11) is -7.74. The molecule has 0 spiro atoms. The van der Waals surface area contributed by atoms with Crippen LogP contribution < -0.4 is 0 Å². The van der Waals surface area contributed by atoms with Crippen molar-refractivity contribution in [2.75, 3.05) is 37.7 Å². The summed E-state index contributed by atoms with van der Waals surface area (Å²) in [6.07, 6.45) is 0.935. The summed E-state index contributed by atoms with van der Waals surface area (Å²) < 4.78 is 81.8. The minimum Gasteiger partial charge on any atom is -0.784 e. The number of aliphatic hydroxyl groups excluding tert-OH is 1. The number of sulfone groups is 1. The van der Waals surface area contributed by atoms with Crippen LogP contribution in [0.25, 0.3) is 0 Å². The molecule has 28 heavy (non-hydrogen) atoms. The van der Waals surface area contributed by atoms with Crippen LogP contribution in [0, 0.1) is 0 Å². The van der Waals surface area contributed by atoms with Crippen molar-refractivity contribution < 1.29 is 39.8 Å². The molecule has 0 saturated heterocycles. The van der Waals surface area contributed by atoms with Gasteiger partial charge in [-0.25, -0.2) is 16.8 Å². The van der Waals surface area contributed by atoms with Crippen LogP contribution in [0.3, 0.4) is 0 Å². The Labute approximate surface area is 168 Å². The van der Waals surface area contributed by atoms with E-state index < -0.39 is 37.1 Å². The normalized spacial score (nSPS) is 12.1. The molecule has 164 valence electrons. The Balaban J connectivity index is 0.00000165. The van der Waals surface area contributed by atoms with Gasteiger partial charge in [-0.2, -0.15) is 0 Å². The monoisotopic (exact) mass is 458 g/mol. The molecule has 13 heteroatoms. The summed E-state index contributed by atoms with van der Waals surface area (Å²) in [5.41, 5.74) is 0.598. The first-order valence-electron chi connectivity index (χ1n) is 8.26. The van der Waals surface area contributed by atoms with Gasteiger partial charge in [0, 0.05) is 18.8 Å². The Kier molecular flexibility index (Phi) is 12.9. The molecule has 0 atom stereocenters. The number of benzene rings is 1. The van der Waals surface area contributed by atoms with Crippen LogP contribution in [0.2, 0.25) is 0 Å². The first kappa shape index (κ1) is 27.1. The fourth-order valence-corrected chi connectivity index (χ4v) is 4.04. The largest absolute Gasteiger partial charge is 0.784 e. The molecule has 10 nitrogen and oxygen atoms in total. The summed E-state index contributed by atoms with van der Waals surface area (Å²) in [5, 5.41) is 8.99. The van der Waals surface area contributed by atoms with Gasteiger partial charge in [0.1, 0.15) is 0 Å². The van der Waals surface area contributed by atoms with Gasteiger partial charge in [0.2, 0.25) is 0 Å². The lowest BCUT2D eigenvalue weighted by Gasteiger charge is -2.20. The van der Waals surface area contributed by atoms with Crippen LogP contribution in [-0.2, 0) is 37.7 Å². The molecule has 0 aliphatic rings. The van der Waals surface area contributed by atoms with E-state index in [0.717, 1.165) is 13.0 Å². The van der Waals surface area contributed by atoms with Crippen molar-refractivity contribution in [3.8, 4) is 0 Å². The van der Waals surface area contributed by atoms with Gasteiger partial charge >= 0.3 is 0 Å². The van der Waals surface area contributed by atoms with E-state index in [0.29, 0.717) is 18.7 Å². The molecule has 0 heterocycles. The highest BCUT2D eigenvalue weighted by Gasteiger charge is 2.16. The number of aryl methyl sites for hydroxylation is 1. The predicted molar refractivity (Wildman–Crippen MR) is 100 cm³/mol. The van der Waals surface area contributed by atoms with E-state index in [4.69, 9.17) is 18.4 Å². The predicted octanol–water partition coefficient (Wildman–Crippen LogP) is -0.752. The minimum atomic E-state index is -4.28. The third kappa shape index (κ3) is 13.3. The Morgan fingerprint density at radius 3 is 1.96 bits per heavy atom. The quantitative estimate of drug-likeness (QED) is 0.327. The van der Waals surface area contributed by atoms with Crippen LogP contribution in [0.15, 0.2) is 29.2 Å². The number of rotatable bonds is 11. The summed E-state index contributed by atoms with van der Waals surface area (Å²) in [5.74, 6) is -0.562. The van der Waals surface area contributed by atoms with E-state index in [1.54, 1.807) is 0 Å². The summed E-state index contributed by atoms with van der Waals surface area (Å²) in [6, 6.07) is 5.90. The topological polar surface area (TPSA) is 178 Å². The van der Waals surface area contributed by atoms with Crippen LogP contribution in [0.1, 0.15) is 18.9 Å². The maximum atomic E-state index is 12.3. The van der Waals surface area contributed by atoms with Crippen LogP contribution >= 0.6 is 0 Å². The molecular formula is C15H24NO9S3-3. The lowest BCUT2D eigenvalue weighted by Crippen LogP contribution is -2.32. The van der Waals surface area contributed by atoms with E-state index in [1.807, 2.05) is 11.8 Å². The first-order chi connectivity index (χ1) is 12.9. The molecule has 1 rings (SSSR count). The van der Waals surface area contributed by atoms with Crippen molar-refractivity contribution in [3.05, 3.63) is 29.8 Å². The molecule has 0 unspecified atom stereocenters. The van der Waals surface area contributed by atoms with Crippen molar-refractivity contribution in [2.45, 2.75) is 24.7 Å². The van der Waals surface area contributed by atoms with Crippen molar-refractivity contribution in [2.24, 2.45) is 0 Å². The number of nitrogens with zero attached hydrogens (tertiary/aromatic N) is 1. The number of hydrogen-bond acceptors (Lipinski definition) is 10. The van der Waals surface area contributed by atoms with E-state index in [9.17, 15) is 21.4 Å². The van der Waals surface area contributed by atoms with E-state index >= 15 is 0 Å². The summed E-state index contributed by atoms with van der Waals surface area (Å²) in [6.45, 7) is 3.47. The van der Waals surface area contributed by atoms with Crippen LogP contribution in [0.5, 0.6) is 0 Å². The van der Waals surface area contributed by atoms with Gasteiger partial charge in [0.05, 0.1) is 27.4 Å². The zero-order chi connectivity index (χ0) is 21.8. The maximum absolute atomic E-state index is 12.3. The second kappa shape index (κ2) is 13.3. The fraction of sp³-hybridized carbons (Fsp3) is 0.600. The molecular weight excluding hydrogens is 434 g/mol. The highest BCUT2D eigenvalue weighted by molar-refractivity contribution is 7.91. The summed E-state index contributed by atoms with van der Waals surface area (Å²) in [4.78, 5) is 2.06. The molecule has 0 aromatic heterocycles. The highest BCUT2D eigenvalue weighted by atomic mass is 32.2. The van der Waals surface area contributed by atoms with Crippen molar-refractivity contribution in [1.82, 2.24) is 4.90 Å². The Morgan fingerprint density at radius 1 is 1.00 bits per heavy atom. The van der Waals surface area contributed by atoms with Gasteiger partial charge in [-0.1, -0.05) is 19.1 Å². The second-order valence-electron chi connectivity index (χ2n) is 5.74. The molecule has 0 saturated carbocycles. The Hall–Kier alpha value is -0.930. The smallest absolute Gasteiger partial charge is 0.179 e. The second-order valence-corrected chi connectivity index (χ2v) is 9.78.